The van der Waals surface area contributed by atoms with Crippen LogP contribution in [0.25, 0.3) is 16.9 Å². The van der Waals surface area contributed by atoms with Gasteiger partial charge in [-0.2, -0.15) is 10.4 Å². The molecule has 0 saturated heterocycles. The summed E-state index contributed by atoms with van der Waals surface area (Å²) in [6.45, 7) is 0. The first-order valence-electron chi connectivity index (χ1n) is 6.53. The van der Waals surface area contributed by atoms with Crippen LogP contribution < -0.4 is 0 Å². The normalized spacial score (nSPS) is 10.3. The number of carbonyl (C=O) groups is 1. The number of aromatic nitrogens is 3. The number of nitriles is 1. The lowest BCUT2D eigenvalue weighted by molar-refractivity contribution is 0.0697. The van der Waals surface area contributed by atoms with Crippen LogP contribution in [0.15, 0.2) is 48.9 Å². The molecule has 0 spiro atoms. The van der Waals surface area contributed by atoms with Gasteiger partial charge in [0.25, 0.3) is 0 Å². The van der Waals surface area contributed by atoms with Gasteiger partial charge < -0.3 is 5.11 Å². The Morgan fingerprint density at radius 2 is 2.00 bits per heavy atom. The molecule has 0 radical (unpaired) electrons. The van der Waals surface area contributed by atoms with E-state index < -0.39 is 5.97 Å². The van der Waals surface area contributed by atoms with Crippen molar-refractivity contribution in [3.05, 3.63) is 65.9 Å². The van der Waals surface area contributed by atoms with Gasteiger partial charge in [0.15, 0.2) is 5.82 Å². The van der Waals surface area contributed by atoms with E-state index in [1.54, 1.807) is 12.1 Å². The number of nitrogens with zero attached hydrogens (tertiary/aromatic N) is 4. The summed E-state index contributed by atoms with van der Waals surface area (Å²) in [5.41, 5.74) is 1.57. The zero-order valence-electron chi connectivity index (χ0n) is 11.6. The van der Waals surface area contributed by atoms with Crippen molar-refractivity contribution in [1.29, 1.82) is 5.26 Å². The first-order chi connectivity index (χ1) is 11.1. The minimum Gasteiger partial charge on any atom is -0.478 e. The number of halogens is 1. The molecule has 0 amide bonds. The van der Waals surface area contributed by atoms with Crippen molar-refractivity contribution in [3.63, 3.8) is 0 Å². The second-order valence-electron chi connectivity index (χ2n) is 4.69. The van der Waals surface area contributed by atoms with Gasteiger partial charge in [-0.15, -0.1) is 0 Å². The minimum atomic E-state index is -1.10. The third kappa shape index (κ3) is 2.78. The molecule has 0 aliphatic rings. The molecule has 0 bridgehead atoms. The van der Waals surface area contributed by atoms with Crippen molar-refractivity contribution in [2.45, 2.75) is 0 Å². The van der Waals surface area contributed by atoms with Crippen LogP contribution in [-0.4, -0.2) is 25.8 Å². The van der Waals surface area contributed by atoms with Crippen molar-refractivity contribution >= 4 is 5.97 Å². The van der Waals surface area contributed by atoms with Gasteiger partial charge in [0, 0.05) is 24.0 Å². The topological polar surface area (TPSA) is 91.8 Å². The molecule has 7 heteroatoms. The van der Waals surface area contributed by atoms with Gasteiger partial charge in [-0.05, 0) is 17.7 Å². The van der Waals surface area contributed by atoms with Crippen molar-refractivity contribution in [1.82, 2.24) is 14.8 Å². The predicted molar refractivity (Wildman–Crippen MR) is 78.4 cm³/mol. The average molecular weight is 308 g/mol. The van der Waals surface area contributed by atoms with E-state index in [2.05, 4.69) is 16.2 Å². The molecule has 0 unspecified atom stereocenters. The Morgan fingerprint density at radius 3 is 2.61 bits per heavy atom. The molecular weight excluding hydrogens is 299 g/mol. The van der Waals surface area contributed by atoms with Crippen LogP contribution in [-0.2, 0) is 0 Å². The lowest BCUT2D eigenvalue weighted by Crippen LogP contribution is -2.00. The zero-order chi connectivity index (χ0) is 16.4. The van der Waals surface area contributed by atoms with E-state index in [4.69, 9.17) is 5.11 Å². The van der Waals surface area contributed by atoms with E-state index in [0.29, 0.717) is 22.5 Å². The molecule has 1 N–H and O–H groups in total. The van der Waals surface area contributed by atoms with Crippen molar-refractivity contribution in [2.75, 3.05) is 0 Å². The Morgan fingerprint density at radius 1 is 1.26 bits per heavy atom. The number of pyridine rings is 1. The highest BCUT2D eigenvalue weighted by molar-refractivity contribution is 5.87. The number of hydrogen-bond acceptors (Lipinski definition) is 4. The van der Waals surface area contributed by atoms with Crippen LogP contribution in [0.2, 0.25) is 0 Å². The third-order valence-electron chi connectivity index (χ3n) is 3.23. The zero-order valence-corrected chi connectivity index (χ0v) is 11.6. The molecule has 1 aromatic carbocycles. The number of rotatable bonds is 3. The van der Waals surface area contributed by atoms with E-state index >= 15 is 0 Å². The molecule has 0 aliphatic heterocycles. The second-order valence-corrected chi connectivity index (χ2v) is 4.69. The largest absolute Gasteiger partial charge is 0.478 e. The summed E-state index contributed by atoms with van der Waals surface area (Å²) in [6.07, 6.45) is 3.98. The smallest absolute Gasteiger partial charge is 0.338 e. The fourth-order valence-electron chi connectivity index (χ4n) is 2.08. The lowest BCUT2D eigenvalue weighted by atomic mass is 10.0. The van der Waals surface area contributed by atoms with Crippen LogP contribution >= 0.6 is 0 Å². The highest BCUT2D eigenvalue weighted by Gasteiger charge is 2.11. The summed E-state index contributed by atoms with van der Waals surface area (Å²) in [6, 6.07) is 9.28. The lowest BCUT2D eigenvalue weighted by Gasteiger charge is -2.06. The van der Waals surface area contributed by atoms with Gasteiger partial charge in [-0.1, -0.05) is 12.1 Å². The number of carboxylic acid groups (broad SMARTS) is 1. The molecule has 0 aliphatic carbocycles. The first kappa shape index (κ1) is 14.4. The van der Waals surface area contributed by atoms with E-state index in [1.165, 1.54) is 41.5 Å². The average Bonchev–Trinajstić information content (AvgIpc) is 3.05. The third-order valence-corrected chi connectivity index (χ3v) is 3.23. The van der Waals surface area contributed by atoms with Crippen LogP contribution in [0.3, 0.4) is 0 Å². The van der Waals surface area contributed by atoms with E-state index in [0.717, 1.165) is 0 Å². The van der Waals surface area contributed by atoms with Gasteiger partial charge >= 0.3 is 5.97 Å². The number of hydrogen-bond donors (Lipinski definition) is 1. The van der Waals surface area contributed by atoms with Gasteiger partial charge in [-0.25, -0.2) is 18.9 Å². The summed E-state index contributed by atoms with van der Waals surface area (Å²) < 4.78 is 14.3. The fourth-order valence-corrected chi connectivity index (χ4v) is 2.08. The van der Waals surface area contributed by atoms with Crippen LogP contribution in [0.1, 0.15) is 15.9 Å². The van der Waals surface area contributed by atoms with Crippen molar-refractivity contribution in [2.24, 2.45) is 0 Å². The Balaban J connectivity index is 2.04. The molecular formula is C16H9FN4O2. The molecule has 2 aromatic heterocycles. The summed E-state index contributed by atoms with van der Waals surface area (Å²) in [5.74, 6) is -1.14. The maximum atomic E-state index is 13.0. The van der Waals surface area contributed by atoms with E-state index in [1.807, 2.05) is 0 Å². The molecule has 3 rings (SSSR count). The standard InChI is InChI=1S/C16H9FN4O2/c17-13-3-1-10(2-4-13)14-8-19-15(5-11(14)6-18)21-9-12(7-20-21)16(22)23/h1-5,7-9H,(H,22,23). The highest BCUT2D eigenvalue weighted by atomic mass is 19.1. The quantitative estimate of drug-likeness (QED) is 0.803. The molecule has 0 fully saturated rings. The number of aromatic carboxylic acids is 1. The summed E-state index contributed by atoms with van der Waals surface area (Å²) in [5, 5.41) is 22.1. The van der Waals surface area contributed by atoms with Crippen LogP contribution in [0.4, 0.5) is 4.39 Å². The van der Waals surface area contributed by atoms with Gasteiger partial charge in [0.05, 0.1) is 23.4 Å². The summed E-state index contributed by atoms with van der Waals surface area (Å²) in [7, 11) is 0. The predicted octanol–water partition coefficient (Wildman–Crippen LogP) is 2.64. The van der Waals surface area contributed by atoms with Gasteiger partial charge in [-0.3, -0.25) is 0 Å². The molecule has 112 valence electrons. The Bertz CT molecular complexity index is 926. The van der Waals surface area contributed by atoms with Crippen LogP contribution in [0.5, 0.6) is 0 Å². The fraction of sp³-hybridized carbons (Fsp3) is 0. The van der Waals surface area contributed by atoms with Crippen molar-refractivity contribution < 1.29 is 14.3 Å². The molecule has 3 aromatic rings. The molecule has 0 atom stereocenters. The van der Waals surface area contributed by atoms with E-state index in [-0.39, 0.29) is 11.4 Å². The Hall–Kier alpha value is -3.53. The number of carboxylic acids is 1. The Kier molecular flexibility index (Phi) is 3.57. The molecule has 2 heterocycles. The first-order valence-corrected chi connectivity index (χ1v) is 6.53. The second kappa shape index (κ2) is 5.69. The maximum absolute atomic E-state index is 13.0. The Labute approximate surface area is 130 Å². The highest BCUT2D eigenvalue weighted by Crippen LogP contribution is 2.24. The minimum absolute atomic E-state index is 0.0212. The molecule has 6 nitrogen and oxygen atoms in total. The van der Waals surface area contributed by atoms with Gasteiger partial charge in [0.2, 0.25) is 0 Å². The van der Waals surface area contributed by atoms with Gasteiger partial charge in [0.1, 0.15) is 5.82 Å². The molecule has 0 saturated carbocycles. The van der Waals surface area contributed by atoms with E-state index in [9.17, 15) is 14.4 Å². The van der Waals surface area contributed by atoms with Crippen molar-refractivity contribution in [3.8, 4) is 23.0 Å². The summed E-state index contributed by atoms with van der Waals surface area (Å²) >= 11 is 0. The SMILES string of the molecule is N#Cc1cc(-n2cc(C(=O)O)cn2)ncc1-c1ccc(F)cc1. The number of benzene rings is 1. The summed E-state index contributed by atoms with van der Waals surface area (Å²) in [4.78, 5) is 15.1. The monoisotopic (exact) mass is 308 g/mol. The maximum Gasteiger partial charge on any atom is 0.338 e. The molecule has 23 heavy (non-hydrogen) atoms. The van der Waals surface area contributed by atoms with Crippen LogP contribution in [0, 0.1) is 17.1 Å².